The van der Waals surface area contributed by atoms with Gasteiger partial charge in [0.05, 0.1) is 12.6 Å². The van der Waals surface area contributed by atoms with Crippen LogP contribution in [0, 0.1) is 0 Å². The van der Waals surface area contributed by atoms with Gasteiger partial charge in [0.15, 0.2) is 0 Å². The van der Waals surface area contributed by atoms with Gasteiger partial charge in [-0.1, -0.05) is 0 Å². The Hall–Kier alpha value is -0.290. The molecule has 0 aromatic heterocycles. The number of halogens is 3. The van der Waals surface area contributed by atoms with E-state index >= 15 is 0 Å². The first-order chi connectivity index (χ1) is 4.92. The summed E-state index contributed by atoms with van der Waals surface area (Å²) in [6.07, 6.45) is -4.36. The van der Waals surface area contributed by atoms with E-state index < -0.39 is 18.8 Å². The molecular weight excluding hydrogens is 159 g/mol. The molecule has 0 aliphatic carbocycles. The lowest BCUT2D eigenvalue weighted by molar-refractivity contribution is -0.124. The molecule has 68 valence electrons. The molecule has 1 unspecified atom stereocenters. The molecule has 11 heavy (non-hydrogen) atoms. The van der Waals surface area contributed by atoms with Crippen LogP contribution in [-0.4, -0.2) is 30.5 Å². The minimum Gasteiger partial charge on any atom is -0.393 e. The van der Waals surface area contributed by atoms with Gasteiger partial charge >= 0.3 is 6.18 Å². The van der Waals surface area contributed by atoms with Crippen LogP contribution in [0.15, 0.2) is 0 Å². The predicted octanol–water partition coefficient (Wildman–Crippen LogP) is 0.909. The third-order valence-corrected chi connectivity index (χ3v) is 1.06. The van der Waals surface area contributed by atoms with Gasteiger partial charge in [-0.2, -0.15) is 13.2 Å². The molecule has 0 radical (unpaired) electrons. The summed E-state index contributed by atoms with van der Waals surface area (Å²) in [6.45, 7) is 0.742. The Morgan fingerprint density at radius 3 is 2.36 bits per heavy atom. The van der Waals surface area contributed by atoms with Gasteiger partial charge in [-0.3, -0.25) is 0 Å². The molecule has 0 aliphatic rings. The number of nitrogens with one attached hydrogen (secondary N) is 1. The van der Waals surface area contributed by atoms with E-state index in [1.165, 1.54) is 6.92 Å². The van der Waals surface area contributed by atoms with Crippen LogP contribution < -0.4 is 5.32 Å². The predicted molar refractivity (Wildman–Crippen MR) is 35.2 cm³/mol. The van der Waals surface area contributed by atoms with E-state index in [1.807, 2.05) is 0 Å². The number of hydrogen-bond donors (Lipinski definition) is 2. The van der Waals surface area contributed by atoms with Crippen molar-refractivity contribution in [2.24, 2.45) is 0 Å². The molecule has 0 fully saturated rings. The second-order valence-corrected chi connectivity index (χ2v) is 2.43. The first-order valence-corrected chi connectivity index (χ1v) is 3.37. The molecule has 1 atom stereocenters. The highest BCUT2D eigenvalue weighted by Gasteiger charge is 2.25. The molecule has 2 N–H and O–H groups in total. The topological polar surface area (TPSA) is 32.3 Å². The quantitative estimate of drug-likeness (QED) is 0.616. The Morgan fingerprint density at radius 1 is 1.45 bits per heavy atom. The number of hydrogen-bond acceptors (Lipinski definition) is 2. The van der Waals surface area contributed by atoms with E-state index in [9.17, 15) is 13.2 Å². The summed E-state index contributed by atoms with van der Waals surface area (Å²) >= 11 is 0. The van der Waals surface area contributed by atoms with Crippen LogP contribution in [0.4, 0.5) is 13.2 Å². The molecule has 0 saturated carbocycles. The Balaban J connectivity index is 3.15. The lowest BCUT2D eigenvalue weighted by atomic mass is 10.3. The maximum atomic E-state index is 11.5. The van der Waals surface area contributed by atoms with Crippen molar-refractivity contribution >= 4 is 0 Å². The van der Waals surface area contributed by atoms with Crippen molar-refractivity contribution in [1.29, 1.82) is 0 Å². The van der Waals surface area contributed by atoms with Crippen LogP contribution >= 0.6 is 0 Å². The van der Waals surface area contributed by atoms with Gasteiger partial charge in [0.2, 0.25) is 0 Å². The lowest BCUT2D eigenvalue weighted by Crippen LogP contribution is -2.30. The first-order valence-electron chi connectivity index (χ1n) is 3.37. The van der Waals surface area contributed by atoms with Gasteiger partial charge in [0.1, 0.15) is 0 Å². The zero-order valence-electron chi connectivity index (χ0n) is 6.28. The Kier molecular flexibility index (Phi) is 4.44. The minimum atomic E-state index is -4.15. The minimum absolute atomic E-state index is 0.192. The molecule has 0 bridgehead atoms. The normalized spacial score (nSPS) is 15.0. The molecule has 0 rings (SSSR count). The monoisotopic (exact) mass is 171 g/mol. The smallest absolute Gasteiger partial charge is 0.393 e. The molecule has 0 aromatic carbocycles. The zero-order chi connectivity index (χ0) is 8.91. The standard InChI is InChI=1S/C6H12F3NO/c1-5(11)2-3-10-4-6(7,8)9/h5,10-11H,2-4H2,1H3. The number of rotatable bonds is 4. The van der Waals surface area contributed by atoms with E-state index in [2.05, 4.69) is 5.32 Å². The fourth-order valence-corrected chi connectivity index (χ4v) is 0.541. The average molecular weight is 171 g/mol. The maximum absolute atomic E-state index is 11.5. The van der Waals surface area contributed by atoms with Crippen molar-refractivity contribution in [2.45, 2.75) is 25.6 Å². The number of alkyl halides is 3. The van der Waals surface area contributed by atoms with Gasteiger partial charge in [0, 0.05) is 0 Å². The molecular formula is C6H12F3NO. The van der Waals surface area contributed by atoms with E-state index in [0.717, 1.165) is 0 Å². The lowest BCUT2D eigenvalue weighted by Gasteiger charge is -2.08. The highest BCUT2D eigenvalue weighted by Crippen LogP contribution is 2.11. The van der Waals surface area contributed by atoms with Crippen LogP contribution in [-0.2, 0) is 0 Å². The summed E-state index contributed by atoms with van der Waals surface area (Å²) in [6, 6.07) is 0. The number of aliphatic hydroxyl groups is 1. The summed E-state index contributed by atoms with van der Waals surface area (Å²) in [4.78, 5) is 0. The molecule has 2 nitrogen and oxygen atoms in total. The van der Waals surface area contributed by atoms with Crippen molar-refractivity contribution < 1.29 is 18.3 Å². The summed E-state index contributed by atoms with van der Waals surface area (Å²) in [5.41, 5.74) is 0. The molecule has 5 heteroatoms. The van der Waals surface area contributed by atoms with Crippen LogP contribution in [0.1, 0.15) is 13.3 Å². The van der Waals surface area contributed by atoms with Crippen LogP contribution in [0.3, 0.4) is 0 Å². The average Bonchev–Trinajstić information content (AvgIpc) is 1.78. The van der Waals surface area contributed by atoms with E-state index in [1.54, 1.807) is 0 Å². The molecule has 0 heterocycles. The van der Waals surface area contributed by atoms with Crippen molar-refractivity contribution in [2.75, 3.05) is 13.1 Å². The fraction of sp³-hybridized carbons (Fsp3) is 1.00. The van der Waals surface area contributed by atoms with Crippen LogP contribution in [0.2, 0.25) is 0 Å². The van der Waals surface area contributed by atoms with Gasteiger partial charge in [-0.25, -0.2) is 0 Å². The van der Waals surface area contributed by atoms with Crippen LogP contribution in [0.25, 0.3) is 0 Å². The number of aliphatic hydroxyl groups excluding tert-OH is 1. The maximum Gasteiger partial charge on any atom is 0.401 e. The SMILES string of the molecule is CC(O)CCNCC(F)(F)F. The van der Waals surface area contributed by atoms with Gasteiger partial charge < -0.3 is 10.4 Å². The molecule has 0 aromatic rings. The zero-order valence-corrected chi connectivity index (χ0v) is 6.28. The molecule has 0 spiro atoms. The van der Waals surface area contributed by atoms with Gasteiger partial charge in [-0.05, 0) is 19.9 Å². The Bertz CT molecular complexity index is 102. The Morgan fingerprint density at radius 2 is 2.00 bits per heavy atom. The summed E-state index contributed by atoms with van der Waals surface area (Å²) in [7, 11) is 0. The Labute approximate surface area is 63.4 Å². The first kappa shape index (κ1) is 10.7. The molecule has 0 saturated heterocycles. The third kappa shape index (κ3) is 9.71. The summed E-state index contributed by atoms with van der Waals surface area (Å²) in [5, 5.41) is 10.8. The van der Waals surface area contributed by atoms with E-state index in [4.69, 9.17) is 5.11 Å². The molecule has 0 aliphatic heterocycles. The van der Waals surface area contributed by atoms with Crippen molar-refractivity contribution in [3.63, 3.8) is 0 Å². The molecule has 0 amide bonds. The van der Waals surface area contributed by atoms with Crippen LogP contribution in [0.5, 0.6) is 0 Å². The summed E-state index contributed by atoms with van der Waals surface area (Å²) < 4.78 is 34.4. The van der Waals surface area contributed by atoms with E-state index in [0.29, 0.717) is 6.42 Å². The van der Waals surface area contributed by atoms with Gasteiger partial charge in [0.25, 0.3) is 0 Å². The fourth-order valence-electron chi connectivity index (χ4n) is 0.541. The highest BCUT2D eigenvalue weighted by atomic mass is 19.4. The van der Waals surface area contributed by atoms with Crippen molar-refractivity contribution in [3.8, 4) is 0 Å². The van der Waals surface area contributed by atoms with E-state index in [-0.39, 0.29) is 6.54 Å². The van der Waals surface area contributed by atoms with Crippen molar-refractivity contribution in [3.05, 3.63) is 0 Å². The second kappa shape index (κ2) is 4.56. The summed E-state index contributed by atoms with van der Waals surface area (Å²) in [5.74, 6) is 0. The third-order valence-electron chi connectivity index (χ3n) is 1.06. The van der Waals surface area contributed by atoms with Gasteiger partial charge in [-0.15, -0.1) is 0 Å². The highest BCUT2D eigenvalue weighted by molar-refractivity contribution is 4.57. The van der Waals surface area contributed by atoms with Crippen molar-refractivity contribution in [1.82, 2.24) is 5.32 Å². The largest absolute Gasteiger partial charge is 0.401 e. The second-order valence-electron chi connectivity index (χ2n) is 2.43.